The third-order valence-electron chi connectivity index (χ3n) is 3.26. The molecule has 1 aliphatic rings. The Balaban J connectivity index is 2.36. The van der Waals surface area contributed by atoms with Crippen molar-refractivity contribution in [2.24, 2.45) is 5.92 Å². The lowest BCUT2D eigenvalue weighted by Crippen LogP contribution is -2.49. The summed E-state index contributed by atoms with van der Waals surface area (Å²) in [6.45, 7) is 10.8. The van der Waals surface area contributed by atoms with E-state index in [0.29, 0.717) is 18.5 Å². The molecule has 5 nitrogen and oxygen atoms in total. The fraction of sp³-hybridized carbons (Fsp3) is 1.00. The molecule has 0 aromatic heterocycles. The van der Waals surface area contributed by atoms with Gasteiger partial charge in [0.2, 0.25) is 0 Å². The molecule has 108 valence electrons. The second-order valence-corrected chi connectivity index (χ2v) is 7.30. The first-order chi connectivity index (χ1) is 8.30. The predicted molar refractivity (Wildman–Crippen MR) is 74.6 cm³/mol. The molecule has 0 spiro atoms. The molecule has 0 amide bonds. The molecule has 0 radical (unpaired) electrons. The molecule has 0 atom stereocenters. The van der Waals surface area contributed by atoms with Crippen LogP contribution in [0.5, 0.6) is 0 Å². The van der Waals surface area contributed by atoms with E-state index in [9.17, 15) is 8.42 Å². The molecule has 2 N–H and O–H groups in total. The van der Waals surface area contributed by atoms with Gasteiger partial charge in [-0.15, -0.1) is 0 Å². The van der Waals surface area contributed by atoms with Crippen LogP contribution in [0.3, 0.4) is 0 Å². The average Bonchev–Trinajstić information content (AvgIpc) is 2.27. The van der Waals surface area contributed by atoms with Gasteiger partial charge in [0.25, 0.3) is 10.2 Å². The Morgan fingerprint density at radius 1 is 1.17 bits per heavy atom. The molecule has 1 heterocycles. The first kappa shape index (κ1) is 15.9. The molecular formula is C12H27N3O2S. The number of nitrogens with one attached hydrogen (secondary N) is 2. The van der Waals surface area contributed by atoms with Crippen LogP contribution in [-0.4, -0.2) is 45.0 Å². The highest BCUT2D eigenvalue weighted by atomic mass is 32.2. The lowest BCUT2D eigenvalue weighted by molar-refractivity contribution is 0.168. The summed E-state index contributed by atoms with van der Waals surface area (Å²) >= 11 is 0. The number of nitrogens with zero attached hydrogens (tertiary/aromatic N) is 1. The van der Waals surface area contributed by atoms with E-state index in [1.165, 1.54) is 0 Å². The number of rotatable bonds is 6. The van der Waals surface area contributed by atoms with Gasteiger partial charge in [-0.3, -0.25) is 0 Å². The van der Waals surface area contributed by atoms with Crippen molar-refractivity contribution in [1.29, 1.82) is 0 Å². The zero-order valence-electron chi connectivity index (χ0n) is 11.9. The zero-order valence-corrected chi connectivity index (χ0v) is 12.8. The minimum Gasteiger partial charge on any atom is -0.301 e. The monoisotopic (exact) mass is 277 g/mol. The van der Waals surface area contributed by atoms with Crippen molar-refractivity contribution in [2.75, 3.05) is 19.6 Å². The van der Waals surface area contributed by atoms with Crippen LogP contribution < -0.4 is 9.44 Å². The summed E-state index contributed by atoms with van der Waals surface area (Å²) in [4.78, 5) is 2.38. The average molecular weight is 277 g/mol. The summed E-state index contributed by atoms with van der Waals surface area (Å²) in [5.74, 6) is 0.323. The normalized spacial score (nSPS) is 19.9. The van der Waals surface area contributed by atoms with Gasteiger partial charge in [-0.25, -0.2) is 4.72 Å². The van der Waals surface area contributed by atoms with Gasteiger partial charge in [0, 0.05) is 18.6 Å². The minimum atomic E-state index is -3.33. The van der Waals surface area contributed by atoms with Crippen LogP contribution in [0.4, 0.5) is 0 Å². The topological polar surface area (TPSA) is 61.4 Å². The second kappa shape index (κ2) is 6.84. The van der Waals surface area contributed by atoms with Gasteiger partial charge in [0.05, 0.1) is 0 Å². The molecule has 1 rings (SSSR count). The van der Waals surface area contributed by atoms with E-state index >= 15 is 0 Å². The Bertz CT molecular complexity index is 333. The fourth-order valence-corrected chi connectivity index (χ4v) is 3.38. The Hall–Kier alpha value is -0.170. The number of hydrogen-bond acceptors (Lipinski definition) is 3. The highest BCUT2D eigenvalue weighted by molar-refractivity contribution is 7.87. The summed E-state index contributed by atoms with van der Waals surface area (Å²) < 4.78 is 28.9. The van der Waals surface area contributed by atoms with Gasteiger partial charge in [-0.2, -0.15) is 13.1 Å². The quantitative estimate of drug-likeness (QED) is 0.759. The lowest BCUT2D eigenvalue weighted by Gasteiger charge is -2.34. The van der Waals surface area contributed by atoms with E-state index < -0.39 is 10.2 Å². The van der Waals surface area contributed by atoms with Crippen molar-refractivity contribution >= 4 is 10.2 Å². The third-order valence-corrected chi connectivity index (χ3v) is 4.45. The highest BCUT2D eigenvalue weighted by Crippen LogP contribution is 2.13. The lowest BCUT2D eigenvalue weighted by atomic mass is 10.1. The summed E-state index contributed by atoms with van der Waals surface area (Å²) in [6.07, 6.45) is 1.78. The van der Waals surface area contributed by atoms with Crippen molar-refractivity contribution < 1.29 is 8.42 Å². The zero-order chi connectivity index (χ0) is 13.8. The van der Waals surface area contributed by atoms with Crippen molar-refractivity contribution in [3.63, 3.8) is 0 Å². The molecule has 0 bridgehead atoms. The standard InChI is InChI=1S/C12H27N3O2S/c1-10(2)9-13-18(16,17)14-12-5-7-15(8-6-12)11(3)4/h10-14H,5-9H2,1-4H3. The van der Waals surface area contributed by atoms with Crippen molar-refractivity contribution in [3.05, 3.63) is 0 Å². The molecule has 0 aromatic rings. The Morgan fingerprint density at radius 3 is 2.17 bits per heavy atom. The SMILES string of the molecule is CC(C)CNS(=O)(=O)NC1CCN(C(C)C)CC1. The van der Waals surface area contributed by atoms with E-state index in [1.807, 2.05) is 13.8 Å². The van der Waals surface area contributed by atoms with E-state index in [4.69, 9.17) is 0 Å². The van der Waals surface area contributed by atoms with E-state index in [1.54, 1.807) is 0 Å². The summed E-state index contributed by atoms with van der Waals surface area (Å²) in [5.41, 5.74) is 0. The molecule has 18 heavy (non-hydrogen) atoms. The molecule has 0 aromatic carbocycles. The Kier molecular flexibility index (Phi) is 6.04. The first-order valence-corrected chi connectivity index (χ1v) is 8.29. The van der Waals surface area contributed by atoms with Gasteiger partial charge in [0.15, 0.2) is 0 Å². The van der Waals surface area contributed by atoms with Gasteiger partial charge < -0.3 is 4.90 Å². The molecule has 1 aliphatic heterocycles. The third kappa shape index (κ3) is 5.65. The van der Waals surface area contributed by atoms with E-state index in [0.717, 1.165) is 25.9 Å². The van der Waals surface area contributed by atoms with Crippen LogP contribution in [0.25, 0.3) is 0 Å². The predicted octanol–water partition coefficient (Wildman–Crippen LogP) is 0.939. The number of hydrogen-bond donors (Lipinski definition) is 2. The maximum atomic E-state index is 11.8. The minimum absolute atomic E-state index is 0.0738. The van der Waals surface area contributed by atoms with Crippen molar-refractivity contribution in [1.82, 2.24) is 14.3 Å². The van der Waals surface area contributed by atoms with Crippen LogP contribution >= 0.6 is 0 Å². The van der Waals surface area contributed by atoms with Gasteiger partial charge in [0.1, 0.15) is 0 Å². The van der Waals surface area contributed by atoms with Crippen molar-refractivity contribution in [2.45, 2.75) is 52.6 Å². The largest absolute Gasteiger partial charge is 0.301 e. The number of piperidine rings is 1. The molecule has 0 aliphatic carbocycles. The highest BCUT2D eigenvalue weighted by Gasteiger charge is 2.24. The second-order valence-electron chi connectivity index (χ2n) is 5.77. The summed E-state index contributed by atoms with van der Waals surface area (Å²) in [6, 6.07) is 0.617. The van der Waals surface area contributed by atoms with Gasteiger partial charge in [-0.1, -0.05) is 13.8 Å². The molecule has 1 saturated heterocycles. The molecule has 1 fully saturated rings. The van der Waals surface area contributed by atoms with Crippen molar-refractivity contribution in [3.8, 4) is 0 Å². The van der Waals surface area contributed by atoms with E-state index in [2.05, 4.69) is 28.2 Å². The molecule has 0 unspecified atom stereocenters. The first-order valence-electron chi connectivity index (χ1n) is 6.81. The van der Waals surface area contributed by atoms with Crippen LogP contribution in [0.15, 0.2) is 0 Å². The summed E-state index contributed by atoms with van der Waals surface area (Å²) in [5, 5.41) is 0. The number of likely N-dealkylation sites (tertiary alicyclic amines) is 1. The van der Waals surface area contributed by atoms with Crippen LogP contribution in [0.1, 0.15) is 40.5 Å². The van der Waals surface area contributed by atoms with Crippen LogP contribution in [-0.2, 0) is 10.2 Å². The fourth-order valence-electron chi connectivity index (χ4n) is 2.07. The maximum Gasteiger partial charge on any atom is 0.277 e. The maximum absolute atomic E-state index is 11.8. The van der Waals surface area contributed by atoms with E-state index in [-0.39, 0.29) is 6.04 Å². The summed E-state index contributed by atoms with van der Waals surface area (Å²) in [7, 11) is -3.33. The van der Waals surface area contributed by atoms with Gasteiger partial charge >= 0.3 is 0 Å². The molecule has 6 heteroatoms. The Morgan fingerprint density at radius 2 is 1.72 bits per heavy atom. The smallest absolute Gasteiger partial charge is 0.277 e. The molecule has 0 saturated carbocycles. The van der Waals surface area contributed by atoms with Crippen LogP contribution in [0, 0.1) is 5.92 Å². The van der Waals surface area contributed by atoms with Crippen LogP contribution in [0.2, 0.25) is 0 Å². The van der Waals surface area contributed by atoms with Gasteiger partial charge in [-0.05, 0) is 45.7 Å². The molecular weight excluding hydrogens is 250 g/mol. The Labute approximate surface area is 112 Å².